The Hall–Kier alpha value is -0.810. The summed E-state index contributed by atoms with van der Waals surface area (Å²) < 4.78 is 0. The fourth-order valence-electron chi connectivity index (χ4n) is 1.04. The predicted molar refractivity (Wildman–Crippen MR) is 35.7 cm³/mol. The van der Waals surface area contributed by atoms with E-state index in [1.165, 1.54) is 0 Å². The van der Waals surface area contributed by atoms with E-state index in [1.807, 2.05) is 6.08 Å². The van der Waals surface area contributed by atoms with E-state index in [0.717, 1.165) is 13.0 Å². The molecule has 9 heavy (non-hydrogen) atoms. The van der Waals surface area contributed by atoms with Crippen LogP contribution >= 0.6 is 0 Å². The molecule has 2 nitrogen and oxygen atoms in total. The first-order valence-electron chi connectivity index (χ1n) is 3.12. The van der Waals surface area contributed by atoms with Crippen LogP contribution in [0.2, 0.25) is 0 Å². The highest BCUT2D eigenvalue weighted by Crippen LogP contribution is 2.13. The highest BCUT2D eigenvalue weighted by molar-refractivity contribution is 5.00. The Kier molecular flexibility index (Phi) is 1.86. The molecule has 1 fully saturated rings. The molecule has 2 heteroatoms. The Labute approximate surface area is 55.2 Å². The van der Waals surface area contributed by atoms with E-state index in [2.05, 4.69) is 18.0 Å². The van der Waals surface area contributed by atoms with Crippen molar-refractivity contribution < 1.29 is 0 Å². The van der Waals surface area contributed by atoms with Crippen molar-refractivity contribution in [1.29, 1.82) is 5.26 Å². The van der Waals surface area contributed by atoms with Crippen molar-refractivity contribution in [3.8, 4) is 6.07 Å². The lowest BCUT2D eigenvalue weighted by Gasteiger charge is -1.95. The fourth-order valence-corrected chi connectivity index (χ4v) is 1.04. The van der Waals surface area contributed by atoms with Gasteiger partial charge in [0.15, 0.2) is 0 Å². The normalized spacial score (nSPS) is 33.7. The molecule has 1 saturated heterocycles. The molecule has 1 heterocycles. The zero-order valence-electron chi connectivity index (χ0n) is 5.30. The summed E-state index contributed by atoms with van der Waals surface area (Å²) in [5, 5.41) is 11.5. The molecule has 0 aromatic heterocycles. The molecule has 0 amide bonds. The summed E-state index contributed by atoms with van der Waals surface area (Å²) in [6.45, 7) is 4.58. The molecule has 0 saturated carbocycles. The van der Waals surface area contributed by atoms with E-state index in [-0.39, 0.29) is 6.04 Å². The molecule has 1 aliphatic rings. The third-order valence-electron chi connectivity index (χ3n) is 1.65. The van der Waals surface area contributed by atoms with Crippen LogP contribution in [0.15, 0.2) is 12.7 Å². The van der Waals surface area contributed by atoms with Crippen LogP contribution in [0.3, 0.4) is 0 Å². The van der Waals surface area contributed by atoms with Crippen LogP contribution in [0.1, 0.15) is 6.42 Å². The number of nitrogens with zero attached hydrogens (tertiary/aromatic N) is 1. The lowest BCUT2D eigenvalue weighted by molar-refractivity contribution is 0.716. The monoisotopic (exact) mass is 122 g/mol. The van der Waals surface area contributed by atoms with Gasteiger partial charge in [-0.1, -0.05) is 6.08 Å². The minimum absolute atomic E-state index is 0.0630. The van der Waals surface area contributed by atoms with Crippen molar-refractivity contribution >= 4 is 0 Å². The van der Waals surface area contributed by atoms with Crippen molar-refractivity contribution in [2.24, 2.45) is 5.92 Å². The third kappa shape index (κ3) is 1.30. The van der Waals surface area contributed by atoms with Crippen molar-refractivity contribution in [2.45, 2.75) is 12.5 Å². The summed E-state index contributed by atoms with van der Waals surface area (Å²) in [5.41, 5.74) is 0. The van der Waals surface area contributed by atoms with Gasteiger partial charge < -0.3 is 5.32 Å². The van der Waals surface area contributed by atoms with E-state index in [9.17, 15) is 0 Å². The average molecular weight is 122 g/mol. The van der Waals surface area contributed by atoms with Gasteiger partial charge in [0.1, 0.15) is 0 Å². The fraction of sp³-hybridized carbons (Fsp3) is 0.571. The second kappa shape index (κ2) is 2.65. The maximum absolute atomic E-state index is 8.43. The van der Waals surface area contributed by atoms with Crippen molar-refractivity contribution in [3.63, 3.8) is 0 Å². The van der Waals surface area contributed by atoms with Gasteiger partial charge in [0, 0.05) is 6.54 Å². The quantitative estimate of drug-likeness (QED) is 0.519. The van der Waals surface area contributed by atoms with Crippen molar-refractivity contribution in [3.05, 3.63) is 12.7 Å². The lowest BCUT2D eigenvalue weighted by Crippen LogP contribution is -2.18. The molecule has 1 aliphatic heterocycles. The summed E-state index contributed by atoms with van der Waals surface area (Å²) in [4.78, 5) is 0. The summed E-state index contributed by atoms with van der Waals surface area (Å²) in [6.07, 6.45) is 2.84. The van der Waals surface area contributed by atoms with E-state index in [1.54, 1.807) is 0 Å². The van der Waals surface area contributed by atoms with Crippen LogP contribution in [-0.2, 0) is 0 Å². The molecular weight excluding hydrogens is 112 g/mol. The maximum atomic E-state index is 8.43. The third-order valence-corrected chi connectivity index (χ3v) is 1.65. The Morgan fingerprint density at radius 3 is 2.89 bits per heavy atom. The zero-order chi connectivity index (χ0) is 6.69. The molecule has 0 radical (unpaired) electrons. The summed E-state index contributed by atoms with van der Waals surface area (Å²) in [5.74, 6) is 0.509. The second-order valence-electron chi connectivity index (χ2n) is 2.32. The summed E-state index contributed by atoms with van der Waals surface area (Å²) in [7, 11) is 0. The summed E-state index contributed by atoms with van der Waals surface area (Å²) in [6, 6.07) is 2.23. The van der Waals surface area contributed by atoms with Gasteiger partial charge in [-0.05, 0) is 12.3 Å². The molecule has 0 spiro atoms. The lowest BCUT2D eigenvalue weighted by atomic mass is 10.1. The van der Waals surface area contributed by atoms with Crippen LogP contribution in [-0.4, -0.2) is 12.6 Å². The largest absolute Gasteiger partial charge is 0.301 e. The molecule has 48 valence electrons. The van der Waals surface area contributed by atoms with E-state index < -0.39 is 0 Å². The Morgan fingerprint density at radius 2 is 2.56 bits per heavy atom. The Balaban J connectivity index is 2.39. The highest BCUT2D eigenvalue weighted by atomic mass is 14.9. The predicted octanol–water partition coefficient (Wildman–Crippen LogP) is 0.674. The van der Waals surface area contributed by atoms with Crippen LogP contribution in [0, 0.1) is 17.2 Å². The van der Waals surface area contributed by atoms with Gasteiger partial charge in [0.2, 0.25) is 0 Å². The van der Waals surface area contributed by atoms with Crippen LogP contribution in [0.5, 0.6) is 0 Å². The molecule has 2 unspecified atom stereocenters. The number of rotatable bonds is 1. The zero-order valence-corrected chi connectivity index (χ0v) is 5.30. The van der Waals surface area contributed by atoms with E-state index in [4.69, 9.17) is 5.26 Å². The Bertz CT molecular complexity index is 145. The molecule has 0 aromatic rings. The minimum Gasteiger partial charge on any atom is -0.301 e. The van der Waals surface area contributed by atoms with Gasteiger partial charge in [-0.15, -0.1) is 6.58 Å². The Morgan fingerprint density at radius 1 is 1.78 bits per heavy atom. The molecule has 0 aliphatic carbocycles. The number of nitrogens with one attached hydrogen (secondary N) is 1. The van der Waals surface area contributed by atoms with Gasteiger partial charge in [-0.2, -0.15) is 5.26 Å². The minimum atomic E-state index is 0.0630. The van der Waals surface area contributed by atoms with Gasteiger partial charge >= 0.3 is 0 Å². The van der Waals surface area contributed by atoms with Crippen LogP contribution < -0.4 is 5.32 Å². The van der Waals surface area contributed by atoms with E-state index in [0.29, 0.717) is 5.92 Å². The van der Waals surface area contributed by atoms with Crippen molar-refractivity contribution in [1.82, 2.24) is 5.32 Å². The molecule has 1 rings (SSSR count). The number of hydrogen-bond donors (Lipinski definition) is 1. The number of hydrogen-bond acceptors (Lipinski definition) is 2. The van der Waals surface area contributed by atoms with Gasteiger partial charge in [0.25, 0.3) is 0 Å². The topological polar surface area (TPSA) is 35.8 Å². The molecule has 0 bridgehead atoms. The second-order valence-corrected chi connectivity index (χ2v) is 2.32. The molecule has 0 aromatic carbocycles. The molecule has 1 N–H and O–H groups in total. The van der Waals surface area contributed by atoms with Crippen LogP contribution in [0.25, 0.3) is 0 Å². The first kappa shape index (κ1) is 6.31. The summed E-state index contributed by atoms with van der Waals surface area (Å²) >= 11 is 0. The first-order chi connectivity index (χ1) is 4.36. The average Bonchev–Trinajstić information content (AvgIpc) is 2.34. The van der Waals surface area contributed by atoms with Gasteiger partial charge in [0.05, 0.1) is 12.1 Å². The SMILES string of the molecule is C=CC1CNC(C#N)C1. The van der Waals surface area contributed by atoms with Gasteiger partial charge in [-0.25, -0.2) is 0 Å². The van der Waals surface area contributed by atoms with Gasteiger partial charge in [-0.3, -0.25) is 0 Å². The van der Waals surface area contributed by atoms with Crippen LogP contribution in [0.4, 0.5) is 0 Å². The highest BCUT2D eigenvalue weighted by Gasteiger charge is 2.20. The molecular formula is C7H10N2. The maximum Gasteiger partial charge on any atom is 0.0959 e. The number of nitriles is 1. The molecule has 2 atom stereocenters. The van der Waals surface area contributed by atoms with Crippen molar-refractivity contribution in [2.75, 3.05) is 6.54 Å². The smallest absolute Gasteiger partial charge is 0.0959 e. The van der Waals surface area contributed by atoms with E-state index >= 15 is 0 Å². The standard InChI is InChI=1S/C7H10N2/c1-2-6-3-7(4-8)9-5-6/h2,6-7,9H,1,3,5H2. The first-order valence-corrected chi connectivity index (χ1v) is 3.12.